The Morgan fingerprint density at radius 1 is 1.09 bits per heavy atom. The summed E-state index contributed by atoms with van der Waals surface area (Å²) in [6.45, 7) is 3.81. The Balaban J connectivity index is 1.24. The first-order chi connectivity index (χ1) is 15.6. The van der Waals surface area contributed by atoms with Crippen LogP contribution in [0.5, 0.6) is 0 Å². The summed E-state index contributed by atoms with van der Waals surface area (Å²) >= 11 is 0. The molecule has 32 heavy (non-hydrogen) atoms. The van der Waals surface area contributed by atoms with E-state index < -0.39 is 0 Å². The average Bonchev–Trinajstić information content (AvgIpc) is 3.46. The van der Waals surface area contributed by atoms with Crippen molar-refractivity contribution in [1.29, 1.82) is 0 Å². The van der Waals surface area contributed by atoms with Gasteiger partial charge >= 0.3 is 0 Å². The first kappa shape index (κ1) is 22.6. The molecule has 2 N–H and O–H groups in total. The highest BCUT2D eigenvalue weighted by molar-refractivity contribution is 5.81. The minimum atomic E-state index is 0.237. The summed E-state index contributed by atoms with van der Waals surface area (Å²) in [7, 11) is 1.78. The molecule has 1 aromatic rings. The number of hydrogen-bond donors (Lipinski definition) is 2. The van der Waals surface area contributed by atoms with Crippen LogP contribution in [0.25, 0.3) is 0 Å². The number of likely N-dealkylation sites (tertiary alicyclic amines) is 2. The second-order valence-corrected chi connectivity index (χ2v) is 9.41. The van der Waals surface area contributed by atoms with E-state index in [4.69, 9.17) is 0 Å². The van der Waals surface area contributed by atoms with Crippen LogP contribution in [0, 0.1) is 5.92 Å². The van der Waals surface area contributed by atoms with Gasteiger partial charge in [0.05, 0.1) is 0 Å². The molecule has 0 spiro atoms. The monoisotopic (exact) mass is 439 g/mol. The molecular weight excluding hydrogens is 402 g/mol. The van der Waals surface area contributed by atoms with E-state index in [-0.39, 0.29) is 17.9 Å². The van der Waals surface area contributed by atoms with Gasteiger partial charge in [-0.3, -0.25) is 14.6 Å². The molecule has 174 valence electrons. The van der Waals surface area contributed by atoms with Gasteiger partial charge in [0.15, 0.2) is 5.96 Å². The Labute approximate surface area is 191 Å². The zero-order chi connectivity index (χ0) is 22.3. The van der Waals surface area contributed by atoms with Crippen LogP contribution < -0.4 is 10.6 Å². The number of nitrogens with one attached hydrogen (secondary N) is 2. The topological polar surface area (TPSA) is 77.0 Å². The molecule has 0 bridgehead atoms. The summed E-state index contributed by atoms with van der Waals surface area (Å²) in [6, 6.07) is 8.62. The van der Waals surface area contributed by atoms with Crippen molar-refractivity contribution in [2.45, 2.75) is 70.5 Å². The summed E-state index contributed by atoms with van der Waals surface area (Å²) in [6.07, 6.45) is 8.37. The molecule has 3 aliphatic rings. The molecule has 3 fully saturated rings. The number of nitrogens with zero attached hydrogens (tertiary/aromatic N) is 3. The van der Waals surface area contributed by atoms with E-state index in [0.717, 1.165) is 62.4 Å². The largest absolute Gasteiger partial charge is 0.352 e. The SMILES string of the molecule is CN=C(NCc1cccc(CN2CCCC2=O)c1)NC1CCN(C(=O)C2CCCCC2)C1. The molecule has 2 heterocycles. The first-order valence-electron chi connectivity index (χ1n) is 12.2. The van der Waals surface area contributed by atoms with Crippen molar-refractivity contribution in [2.75, 3.05) is 26.7 Å². The van der Waals surface area contributed by atoms with Crippen molar-refractivity contribution < 1.29 is 9.59 Å². The quantitative estimate of drug-likeness (QED) is 0.528. The van der Waals surface area contributed by atoms with Crippen LogP contribution in [0.4, 0.5) is 0 Å². The Bertz CT molecular complexity index is 833. The lowest BCUT2D eigenvalue weighted by Gasteiger charge is -2.26. The third-order valence-electron chi connectivity index (χ3n) is 7.01. The maximum atomic E-state index is 12.8. The number of rotatable bonds is 6. The Hall–Kier alpha value is -2.57. The minimum absolute atomic E-state index is 0.237. The van der Waals surface area contributed by atoms with Gasteiger partial charge in [-0.1, -0.05) is 43.5 Å². The van der Waals surface area contributed by atoms with Gasteiger partial charge in [0.2, 0.25) is 11.8 Å². The number of carbonyl (C=O) groups excluding carboxylic acids is 2. The number of hydrogen-bond acceptors (Lipinski definition) is 3. The lowest BCUT2D eigenvalue weighted by Crippen LogP contribution is -2.45. The molecule has 1 aromatic carbocycles. The first-order valence-corrected chi connectivity index (χ1v) is 12.2. The van der Waals surface area contributed by atoms with Gasteiger partial charge in [-0.25, -0.2) is 0 Å². The van der Waals surface area contributed by atoms with Gasteiger partial charge in [-0.05, 0) is 36.8 Å². The molecule has 1 saturated carbocycles. The molecule has 1 atom stereocenters. The summed E-state index contributed by atoms with van der Waals surface area (Å²) in [5.74, 6) is 1.61. The van der Waals surface area contributed by atoms with Gasteiger partial charge in [0, 0.05) is 58.2 Å². The van der Waals surface area contributed by atoms with E-state index in [1.807, 2.05) is 9.80 Å². The molecular formula is C25H37N5O2. The summed E-state index contributed by atoms with van der Waals surface area (Å²) < 4.78 is 0. The van der Waals surface area contributed by atoms with Crippen molar-refractivity contribution in [3.63, 3.8) is 0 Å². The van der Waals surface area contributed by atoms with Crippen molar-refractivity contribution >= 4 is 17.8 Å². The lowest BCUT2D eigenvalue weighted by atomic mass is 9.88. The van der Waals surface area contributed by atoms with Crippen molar-refractivity contribution in [2.24, 2.45) is 10.9 Å². The van der Waals surface area contributed by atoms with Crippen LogP contribution >= 0.6 is 0 Å². The molecule has 2 saturated heterocycles. The molecule has 4 rings (SSSR count). The molecule has 0 radical (unpaired) electrons. The van der Waals surface area contributed by atoms with E-state index in [9.17, 15) is 9.59 Å². The molecule has 0 aromatic heterocycles. The van der Waals surface area contributed by atoms with Crippen molar-refractivity contribution in [3.8, 4) is 0 Å². The van der Waals surface area contributed by atoms with Crippen LogP contribution in [0.2, 0.25) is 0 Å². The van der Waals surface area contributed by atoms with Crippen LogP contribution in [0.3, 0.4) is 0 Å². The zero-order valence-electron chi connectivity index (χ0n) is 19.3. The average molecular weight is 440 g/mol. The third kappa shape index (κ3) is 5.81. The number of aliphatic imine (C=N–C) groups is 1. The third-order valence-corrected chi connectivity index (χ3v) is 7.01. The summed E-state index contributed by atoms with van der Waals surface area (Å²) in [4.78, 5) is 33.1. The number of carbonyl (C=O) groups is 2. The molecule has 2 aliphatic heterocycles. The molecule has 2 amide bonds. The predicted octanol–water partition coefficient (Wildman–Crippen LogP) is 2.66. The molecule has 1 aliphatic carbocycles. The summed E-state index contributed by atoms with van der Waals surface area (Å²) in [5.41, 5.74) is 2.33. The molecule has 1 unspecified atom stereocenters. The highest BCUT2D eigenvalue weighted by Crippen LogP contribution is 2.26. The number of benzene rings is 1. The number of amides is 2. The highest BCUT2D eigenvalue weighted by atomic mass is 16.2. The maximum Gasteiger partial charge on any atom is 0.225 e. The molecule has 7 nitrogen and oxygen atoms in total. The van der Waals surface area contributed by atoms with E-state index >= 15 is 0 Å². The van der Waals surface area contributed by atoms with Gasteiger partial charge < -0.3 is 20.4 Å². The second-order valence-electron chi connectivity index (χ2n) is 9.41. The number of guanidine groups is 1. The van der Waals surface area contributed by atoms with Crippen molar-refractivity contribution in [1.82, 2.24) is 20.4 Å². The second kappa shape index (κ2) is 10.8. The van der Waals surface area contributed by atoms with E-state index in [2.05, 4.69) is 39.9 Å². The van der Waals surface area contributed by atoms with Crippen LogP contribution in [0.15, 0.2) is 29.3 Å². The van der Waals surface area contributed by atoms with Gasteiger partial charge in [0.25, 0.3) is 0 Å². The van der Waals surface area contributed by atoms with Crippen LogP contribution in [0.1, 0.15) is 62.5 Å². The fourth-order valence-corrected chi connectivity index (χ4v) is 5.19. The zero-order valence-corrected chi connectivity index (χ0v) is 19.3. The van der Waals surface area contributed by atoms with Crippen molar-refractivity contribution in [3.05, 3.63) is 35.4 Å². The van der Waals surface area contributed by atoms with E-state index in [1.165, 1.54) is 19.3 Å². The minimum Gasteiger partial charge on any atom is -0.352 e. The fourth-order valence-electron chi connectivity index (χ4n) is 5.19. The maximum absolute atomic E-state index is 12.8. The smallest absolute Gasteiger partial charge is 0.225 e. The predicted molar refractivity (Wildman–Crippen MR) is 126 cm³/mol. The van der Waals surface area contributed by atoms with Crippen LogP contribution in [-0.2, 0) is 22.7 Å². The van der Waals surface area contributed by atoms with E-state index in [1.54, 1.807) is 7.05 Å². The Morgan fingerprint density at radius 3 is 2.66 bits per heavy atom. The van der Waals surface area contributed by atoms with Crippen LogP contribution in [-0.4, -0.2) is 60.3 Å². The van der Waals surface area contributed by atoms with E-state index in [0.29, 0.717) is 25.4 Å². The Kier molecular flexibility index (Phi) is 7.66. The van der Waals surface area contributed by atoms with Gasteiger partial charge in [0.1, 0.15) is 0 Å². The standard InChI is InChI=1S/C25H37N5O2/c1-26-25(28-22-12-14-30(18-22)24(32)21-9-3-2-4-10-21)27-16-19-7-5-8-20(15-19)17-29-13-6-11-23(29)31/h5,7-8,15,21-22H,2-4,6,9-14,16-18H2,1H3,(H2,26,27,28). The Morgan fingerprint density at radius 2 is 1.91 bits per heavy atom. The normalized spacial score (nSPS) is 22.5. The van der Waals surface area contributed by atoms with Gasteiger partial charge in [-0.15, -0.1) is 0 Å². The highest BCUT2D eigenvalue weighted by Gasteiger charge is 2.31. The molecule has 7 heteroatoms. The summed E-state index contributed by atoms with van der Waals surface area (Å²) in [5, 5.41) is 6.90. The lowest BCUT2D eigenvalue weighted by molar-refractivity contribution is -0.135. The fraction of sp³-hybridized carbons (Fsp3) is 0.640. The van der Waals surface area contributed by atoms with Gasteiger partial charge in [-0.2, -0.15) is 0 Å².